The summed E-state index contributed by atoms with van der Waals surface area (Å²) in [5.41, 5.74) is -1.96. The molecule has 1 aromatic heterocycles. The monoisotopic (exact) mass is 301 g/mol. The molecule has 1 aliphatic heterocycles. The highest BCUT2D eigenvalue weighted by Crippen LogP contribution is 2.21. The van der Waals surface area contributed by atoms with E-state index in [0.717, 1.165) is 7.05 Å². The molecule has 0 saturated carbocycles. The Morgan fingerprint density at radius 1 is 1.71 bits per heavy atom. The number of ether oxygens (including phenoxy) is 1. The number of likely N-dealkylation sites (N-methyl/N-ethyl adjacent to an activating group) is 1. The van der Waals surface area contributed by atoms with Gasteiger partial charge in [-0.3, -0.25) is 0 Å². The summed E-state index contributed by atoms with van der Waals surface area (Å²) in [6.07, 6.45) is -8.08. The van der Waals surface area contributed by atoms with E-state index in [2.05, 4.69) is 9.72 Å². The molecule has 2 heterocycles. The van der Waals surface area contributed by atoms with E-state index in [0.29, 0.717) is 4.90 Å². The predicted molar refractivity (Wildman–Crippen MR) is 82.5 cm³/mol. The fraction of sp³-hybridized carbons (Fsp3) is 0.438. The maximum absolute atomic E-state index is 11.7. The maximum Gasteiger partial charge on any atom is 0.407 e. The van der Waals surface area contributed by atoms with Crippen LogP contribution in [0.2, 0.25) is 0 Å². The number of rotatable bonds is 5. The SMILES string of the molecule is [2H]c1[nH]c2c([2H])c([2H])c(C([2H])([2H])[C@]3([2H])NC(=O)OC3([2H])[2H])c([2H])c2c1C([2H])([2H])CN(C)C([2H])([2H])[2H]. The van der Waals surface area contributed by atoms with Crippen molar-refractivity contribution in [3.8, 4) is 0 Å². The van der Waals surface area contributed by atoms with Gasteiger partial charge in [-0.05, 0) is 50.0 Å². The molecule has 1 amide bonds. The van der Waals surface area contributed by atoms with E-state index < -0.39 is 85.7 Å². The highest BCUT2D eigenvalue weighted by molar-refractivity contribution is 5.84. The van der Waals surface area contributed by atoms with Crippen molar-refractivity contribution in [2.75, 3.05) is 27.1 Å². The number of fused-ring (bicyclic) bond motifs is 1. The van der Waals surface area contributed by atoms with Crippen LogP contribution in [0.15, 0.2) is 24.3 Å². The second kappa shape index (κ2) is 5.77. The first-order valence-electron chi connectivity index (χ1n) is 13.0. The predicted octanol–water partition coefficient (Wildman–Crippen LogP) is 1.92. The van der Waals surface area contributed by atoms with E-state index in [1.165, 1.54) is 0 Å². The molecule has 2 N–H and O–H groups in total. The number of aromatic nitrogens is 1. The van der Waals surface area contributed by atoms with Gasteiger partial charge in [0.05, 0.1) is 15.6 Å². The zero-order valence-corrected chi connectivity index (χ0v) is 11.0. The molecule has 0 aliphatic carbocycles. The zero-order chi connectivity index (χ0) is 27.1. The number of cyclic esters (lactones) is 1. The molecular formula is C16H21N3O2. The first-order valence-corrected chi connectivity index (χ1v) is 5.95. The zero-order valence-electron chi connectivity index (χ0n) is 25.0. The third-order valence-electron chi connectivity index (χ3n) is 2.59. The van der Waals surface area contributed by atoms with Gasteiger partial charge in [-0.2, -0.15) is 0 Å². The van der Waals surface area contributed by atoms with Crippen molar-refractivity contribution in [1.82, 2.24) is 15.2 Å². The Morgan fingerprint density at radius 2 is 2.62 bits per heavy atom. The fourth-order valence-corrected chi connectivity index (χ4v) is 1.70. The van der Waals surface area contributed by atoms with Crippen LogP contribution in [-0.4, -0.2) is 49.1 Å². The lowest BCUT2D eigenvalue weighted by molar-refractivity contribution is 0.177. The normalized spacial score (nSPS) is 35.8. The van der Waals surface area contributed by atoms with Crippen LogP contribution in [-0.2, 0) is 17.5 Å². The van der Waals surface area contributed by atoms with Crippen LogP contribution in [0.1, 0.15) is 30.3 Å². The molecule has 0 spiro atoms. The third kappa shape index (κ3) is 3.19. The molecule has 1 aromatic carbocycles. The summed E-state index contributed by atoms with van der Waals surface area (Å²) in [4.78, 5) is 14.7. The highest BCUT2D eigenvalue weighted by Gasteiger charge is 2.22. The van der Waals surface area contributed by atoms with E-state index in [-0.39, 0.29) is 5.52 Å². The topological polar surface area (TPSA) is 57.4 Å². The largest absolute Gasteiger partial charge is 0.447 e. The number of amides is 1. The van der Waals surface area contributed by atoms with E-state index >= 15 is 0 Å². The van der Waals surface area contributed by atoms with Crippen LogP contribution in [0, 0.1) is 0 Å². The minimum atomic E-state index is -3.36. The molecule has 21 heavy (non-hydrogen) atoms. The van der Waals surface area contributed by atoms with Crippen molar-refractivity contribution in [1.29, 1.82) is 0 Å². The van der Waals surface area contributed by atoms with Gasteiger partial charge in [-0.25, -0.2) is 4.79 Å². The first kappa shape index (κ1) is 5.02. The Balaban J connectivity index is 2.34. The molecule has 2 aromatic rings. The smallest absolute Gasteiger partial charge is 0.407 e. The van der Waals surface area contributed by atoms with Crippen LogP contribution < -0.4 is 5.32 Å². The van der Waals surface area contributed by atoms with Gasteiger partial charge in [-0.15, -0.1) is 0 Å². The number of hydrogen-bond acceptors (Lipinski definition) is 3. The second-order valence-electron chi connectivity index (χ2n) is 4.27. The Kier molecular flexibility index (Phi) is 1.38. The number of benzene rings is 1. The number of nitrogens with zero attached hydrogens (tertiary/aromatic N) is 1. The minimum absolute atomic E-state index is 0.367. The summed E-state index contributed by atoms with van der Waals surface area (Å²) < 4.78 is 118. The molecule has 0 unspecified atom stereocenters. The molecule has 5 heteroatoms. The van der Waals surface area contributed by atoms with Crippen molar-refractivity contribution in [3.05, 3.63) is 35.4 Å². The summed E-state index contributed by atoms with van der Waals surface area (Å²) in [7, 11) is 1.11. The van der Waals surface area contributed by atoms with Gasteiger partial charge in [0.25, 0.3) is 0 Å². The average Bonchev–Trinajstić information content (AvgIpc) is 3.12. The van der Waals surface area contributed by atoms with Crippen LogP contribution in [0.4, 0.5) is 4.79 Å². The lowest BCUT2D eigenvalue weighted by Crippen LogP contribution is -2.28. The number of hydrogen-bond donors (Lipinski definition) is 2. The number of carbonyl (C=O) groups excluding carboxylic acids is 1. The molecule has 5 nitrogen and oxygen atoms in total. The minimum Gasteiger partial charge on any atom is -0.447 e. The Morgan fingerprint density at radius 3 is 3.38 bits per heavy atom. The van der Waals surface area contributed by atoms with Crippen LogP contribution in [0.3, 0.4) is 0 Å². The van der Waals surface area contributed by atoms with Gasteiger partial charge in [0, 0.05) is 33.2 Å². The van der Waals surface area contributed by atoms with Crippen molar-refractivity contribution >= 4 is 17.0 Å². The number of H-pyrrole nitrogens is 1. The Hall–Kier alpha value is -2.01. The molecule has 0 bridgehead atoms. The molecule has 3 rings (SSSR count). The van der Waals surface area contributed by atoms with E-state index in [1.807, 2.05) is 0 Å². The molecule has 0 radical (unpaired) electrons. The molecule has 1 fully saturated rings. The first-order chi connectivity index (χ1) is 15.6. The summed E-state index contributed by atoms with van der Waals surface area (Å²) in [6, 6.07) is -5.86. The van der Waals surface area contributed by atoms with Crippen LogP contribution in [0.25, 0.3) is 10.9 Å². The fourth-order valence-electron chi connectivity index (χ4n) is 1.70. The molecular weight excluding hydrogens is 266 g/mol. The Labute approximate surface area is 143 Å². The highest BCUT2D eigenvalue weighted by atomic mass is 16.6. The van der Waals surface area contributed by atoms with Crippen molar-refractivity contribution in [3.63, 3.8) is 0 Å². The number of alkyl carbamates (subject to hydrolysis) is 1. The lowest BCUT2D eigenvalue weighted by atomic mass is 10.0. The molecule has 1 aliphatic rings. The maximum atomic E-state index is 11.7. The van der Waals surface area contributed by atoms with Crippen molar-refractivity contribution in [2.24, 2.45) is 0 Å². The van der Waals surface area contributed by atoms with Gasteiger partial charge >= 0.3 is 6.09 Å². The third-order valence-corrected chi connectivity index (χ3v) is 2.59. The standard InChI is InChI=1S/C16H21N3O2/c1-19(2)6-5-12-9-17-15-4-3-11(8-14(12)15)7-13-10-21-16(20)18-13/h3-4,8-9,13,17H,5-7,10H2,1-2H3,(H,18,20)/t13-/m0/s1/i1D3,3D,4D,5D2,7D2,8D,9D,10D2,13D. The van der Waals surface area contributed by atoms with Gasteiger partial charge in [0.1, 0.15) is 6.56 Å². The van der Waals surface area contributed by atoms with Gasteiger partial charge in [-0.1, -0.05) is 6.04 Å². The van der Waals surface area contributed by atoms with Crippen molar-refractivity contribution in [2.45, 2.75) is 18.8 Å². The van der Waals surface area contributed by atoms with Crippen LogP contribution in [0.5, 0.6) is 0 Å². The summed E-state index contributed by atoms with van der Waals surface area (Å²) in [6.45, 7) is -6.75. The van der Waals surface area contributed by atoms with Gasteiger partial charge < -0.3 is 19.9 Å². The summed E-state index contributed by atoms with van der Waals surface area (Å²) in [5, 5.41) is 1.21. The van der Waals surface area contributed by atoms with Gasteiger partial charge in [0.15, 0.2) is 0 Å². The van der Waals surface area contributed by atoms with E-state index in [9.17, 15) is 4.79 Å². The number of carbonyl (C=O) groups is 1. The van der Waals surface area contributed by atoms with Crippen LogP contribution >= 0.6 is 0 Å². The number of nitrogens with one attached hydrogen (secondary N) is 2. The molecule has 1 atom stereocenters. The van der Waals surface area contributed by atoms with Gasteiger partial charge in [0.2, 0.25) is 0 Å². The lowest BCUT2D eigenvalue weighted by Gasteiger charge is -2.09. The number of aromatic amines is 1. The average molecular weight is 301 g/mol. The Bertz CT molecular complexity index is 1210. The quantitative estimate of drug-likeness (QED) is 0.887. The second-order valence-corrected chi connectivity index (χ2v) is 4.27. The molecule has 1 saturated heterocycles. The summed E-state index contributed by atoms with van der Waals surface area (Å²) in [5.74, 6) is 0. The van der Waals surface area contributed by atoms with E-state index in [1.54, 1.807) is 5.32 Å². The van der Waals surface area contributed by atoms with E-state index in [4.69, 9.17) is 19.2 Å². The van der Waals surface area contributed by atoms with Crippen molar-refractivity contribution < 1.29 is 28.7 Å². The molecule has 112 valence electrons. The summed E-state index contributed by atoms with van der Waals surface area (Å²) >= 11 is 0.